The van der Waals surface area contributed by atoms with Gasteiger partial charge in [0.1, 0.15) is 17.5 Å². The smallest absolute Gasteiger partial charge is 0.329 e. The second kappa shape index (κ2) is 7.61. The molecule has 31 heavy (non-hydrogen) atoms. The molecule has 0 spiro atoms. The zero-order chi connectivity index (χ0) is 21.5. The van der Waals surface area contributed by atoms with Crippen molar-refractivity contribution in [1.29, 1.82) is 0 Å². The van der Waals surface area contributed by atoms with Crippen LogP contribution in [0.1, 0.15) is 39.1 Å². The third kappa shape index (κ3) is 3.28. The molecule has 5 rings (SSSR count). The molecule has 8 heteroatoms. The first kappa shape index (κ1) is 19.4. The Hall–Kier alpha value is -3.55. The summed E-state index contributed by atoms with van der Waals surface area (Å²) in [5, 5.41) is 0. The summed E-state index contributed by atoms with van der Waals surface area (Å²) >= 11 is 0. The standard InChI is InChI=1S/C23H22N2O6/c1-29-23(28)17(10-14-6-3-2-4-7-14)25-13-30-18-11-16-19(12-15(18)22(25)27)31-20-8-5-9-24(20)21(16)26/h2-4,6-7,11-12,17,20H,5,8-10,13H2,1H3/t17-,20?/m0/s1. The highest BCUT2D eigenvalue weighted by Gasteiger charge is 2.41. The highest BCUT2D eigenvalue weighted by atomic mass is 16.5. The number of carbonyl (C=O) groups excluding carboxylic acids is 3. The minimum absolute atomic E-state index is 0.110. The molecule has 2 aromatic carbocycles. The van der Waals surface area contributed by atoms with E-state index in [1.807, 2.05) is 30.3 Å². The van der Waals surface area contributed by atoms with Crippen molar-refractivity contribution < 1.29 is 28.6 Å². The van der Waals surface area contributed by atoms with Gasteiger partial charge in [0.15, 0.2) is 13.0 Å². The molecular weight excluding hydrogens is 400 g/mol. The number of nitrogens with zero attached hydrogens (tertiary/aromatic N) is 2. The van der Waals surface area contributed by atoms with E-state index in [1.165, 1.54) is 12.0 Å². The normalized spacial score (nSPS) is 20.2. The molecule has 0 radical (unpaired) electrons. The topological polar surface area (TPSA) is 85.4 Å². The van der Waals surface area contributed by atoms with Crippen molar-refractivity contribution >= 4 is 17.8 Å². The Bertz CT molecular complexity index is 1050. The number of rotatable bonds is 4. The van der Waals surface area contributed by atoms with E-state index in [1.54, 1.807) is 17.0 Å². The van der Waals surface area contributed by atoms with Crippen LogP contribution in [-0.2, 0) is 16.0 Å². The molecule has 0 N–H and O–H groups in total. The fraction of sp³-hybridized carbons (Fsp3) is 0.348. The number of methoxy groups -OCH3 is 1. The number of ether oxygens (including phenoxy) is 3. The van der Waals surface area contributed by atoms with Crippen LogP contribution in [0.4, 0.5) is 0 Å². The summed E-state index contributed by atoms with van der Waals surface area (Å²) in [7, 11) is 1.30. The maximum atomic E-state index is 13.4. The Morgan fingerprint density at radius 1 is 1.13 bits per heavy atom. The summed E-state index contributed by atoms with van der Waals surface area (Å²) in [5.41, 5.74) is 1.57. The predicted molar refractivity (Wildman–Crippen MR) is 109 cm³/mol. The lowest BCUT2D eigenvalue weighted by Crippen LogP contribution is -2.51. The maximum Gasteiger partial charge on any atom is 0.329 e. The molecule has 0 aromatic heterocycles. The fourth-order valence-corrected chi connectivity index (χ4v) is 4.38. The molecule has 160 valence electrons. The van der Waals surface area contributed by atoms with E-state index in [0.717, 1.165) is 18.4 Å². The summed E-state index contributed by atoms with van der Waals surface area (Å²) in [5.74, 6) is -0.293. The van der Waals surface area contributed by atoms with E-state index in [2.05, 4.69) is 0 Å². The quantitative estimate of drug-likeness (QED) is 0.703. The lowest BCUT2D eigenvalue weighted by Gasteiger charge is -2.36. The van der Waals surface area contributed by atoms with Crippen molar-refractivity contribution in [2.45, 2.75) is 31.5 Å². The van der Waals surface area contributed by atoms with Gasteiger partial charge in [0.2, 0.25) is 0 Å². The van der Waals surface area contributed by atoms with Crippen LogP contribution in [0.25, 0.3) is 0 Å². The Morgan fingerprint density at radius 2 is 1.87 bits per heavy atom. The lowest BCUT2D eigenvalue weighted by molar-refractivity contribution is -0.147. The fourth-order valence-electron chi connectivity index (χ4n) is 4.38. The second-order valence-electron chi connectivity index (χ2n) is 7.83. The van der Waals surface area contributed by atoms with Crippen LogP contribution in [0.3, 0.4) is 0 Å². The van der Waals surface area contributed by atoms with E-state index < -0.39 is 12.0 Å². The van der Waals surface area contributed by atoms with E-state index in [-0.39, 0.29) is 30.3 Å². The van der Waals surface area contributed by atoms with Crippen molar-refractivity contribution in [1.82, 2.24) is 9.80 Å². The van der Waals surface area contributed by atoms with Crippen molar-refractivity contribution in [2.75, 3.05) is 20.4 Å². The average Bonchev–Trinajstić information content (AvgIpc) is 3.27. The SMILES string of the molecule is COC(=O)[C@H](Cc1ccccc1)N1COc2cc3c(cc2C1=O)OC1CCCN1C3=O. The molecule has 3 heterocycles. The molecule has 3 aliphatic rings. The number of esters is 1. The molecule has 1 unspecified atom stereocenters. The first-order valence-electron chi connectivity index (χ1n) is 10.3. The van der Waals surface area contributed by atoms with Crippen molar-refractivity contribution in [3.8, 4) is 11.5 Å². The Morgan fingerprint density at radius 3 is 2.65 bits per heavy atom. The first-order valence-corrected chi connectivity index (χ1v) is 10.3. The van der Waals surface area contributed by atoms with E-state index in [4.69, 9.17) is 14.2 Å². The predicted octanol–water partition coefficient (Wildman–Crippen LogP) is 2.22. The number of fused-ring (bicyclic) bond motifs is 3. The monoisotopic (exact) mass is 422 g/mol. The molecule has 2 aromatic rings. The average molecular weight is 422 g/mol. The molecule has 1 fully saturated rings. The third-order valence-corrected chi connectivity index (χ3v) is 6.01. The Labute approximate surface area is 179 Å². The highest BCUT2D eigenvalue weighted by molar-refractivity contribution is 6.04. The van der Waals surface area contributed by atoms with Crippen LogP contribution in [0.5, 0.6) is 11.5 Å². The maximum absolute atomic E-state index is 13.4. The Kier molecular flexibility index (Phi) is 4.77. The molecular formula is C23H22N2O6. The van der Waals surface area contributed by atoms with Gasteiger partial charge in [-0.25, -0.2) is 4.79 Å². The van der Waals surface area contributed by atoms with Gasteiger partial charge in [-0.1, -0.05) is 30.3 Å². The van der Waals surface area contributed by atoms with Crippen molar-refractivity contribution in [3.05, 3.63) is 59.2 Å². The molecule has 1 saturated heterocycles. The second-order valence-corrected chi connectivity index (χ2v) is 7.83. The molecule has 2 amide bonds. The molecule has 2 atom stereocenters. The van der Waals surface area contributed by atoms with Crippen molar-refractivity contribution in [2.24, 2.45) is 0 Å². The molecule has 8 nitrogen and oxygen atoms in total. The minimum atomic E-state index is -0.836. The zero-order valence-electron chi connectivity index (χ0n) is 17.1. The van der Waals surface area contributed by atoms with Gasteiger partial charge < -0.3 is 19.1 Å². The third-order valence-electron chi connectivity index (χ3n) is 6.01. The van der Waals surface area contributed by atoms with Gasteiger partial charge in [-0.05, 0) is 24.1 Å². The van der Waals surface area contributed by atoms with Crippen molar-refractivity contribution in [3.63, 3.8) is 0 Å². The van der Waals surface area contributed by atoms with Gasteiger partial charge in [-0.2, -0.15) is 0 Å². The van der Waals surface area contributed by atoms with Gasteiger partial charge in [0.25, 0.3) is 11.8 Å². The zero-order valence-corrected chi connectivity index (χ0v) is 17.1. The van der Waals surface area contributed by atoms with E-state index in [0.29, 0.717) is 30.0 Å². The molecule has 3 aliphatic heterocycles. The molecule has 0 bridgehead atoms. The summed E-state index contributed by atoms with van der Waals surface area (Å²) in [4.78, 5) is 41.7. The summed E-state index contributed by atoms with van der Waals surface area (Å²) in [6.45, 7) is 0.548. The van der Waals surface area contributed by atoms with Gasteiger partial charge in [0, 0.05) is 19.4 Å². The van der Waals surface area contributed by atoms with E-state index in [9.17, 15) is 14.4 Å². The van der Waals surface area contributed by atoms with Crippen LogP contribution in [0.2, 0.25) is 0 Å². The first-order chi connectivity index (χ1) is 15.1. The molecule has 0 aliphatic carbocycles. The summed E-state index contributed by atoms with van der Waals surface area (Å²) in [6, 6.07) is 11.7. The van der Waals surface area contributed by atoms with Gasteiger partial charge in [-0.3, -0.25) is 14.5 Å². The van der Waals surface area contributed by atoms with Gasteiger partial charge >= 0.3 is 5.97 Å². The highest BCUT2D eigenvalue weighted by Crippen LogP contribution is 2.39. The number of amides is 2. The number of hydrogen-bond donors (Lipinski definition) is 0. The van der Waals surface area contributed by atoms with Crippen LogP contribution in [-0.4, -0.2) is 60.2 Å². The van der Waals surface area contributed by atoms with Gasteiger partial charge in [-0.15, -0.1) is 0 Å². The van der Waals surface area contributed by atoms with Crippen LogP contribution in [0.15, 0.2) is 42.5 Å². The van der Waals surface area contributed by atoms with E-state index >= 15 is 0 Å². The number of carbonyl (C=O) groups is 3. The van der Waals surface area contributed by atoms with Crippen LogP contribution < -0.4 is 9.47 Å². The summed E-state index contributed by atoms with van der Waals surface area (Å²) < 4.78 is 16.8. The largest absolute Gasteiger partial charge is 0.472 e. The van der Waals surface area contributed by atoms with Crippen LogP contribution in [0, 0.1) is 0 Å². The molecule has 0 saturated carbocycles. The lowest BCUT2D eigenvalue weighted by atomic mass is 10.0. The summed E-state index contributed by atoms with van der Waals surface area (Å²) in [6.07, 6.45) is 1.65. The van der Waals surface area contributed by atoms with Gasteiger partial charge in [0.05, 0.1) is 18.2 Å². The van der Waals surface area contributed by atoms with Crippen LogP contribution >= 0.6 is 0 Å². The Balaban J connectivity index is 1.47. The number of benzene rings is 2. The minimum Gasteiger partial charge on any atom is -0.472 e. The number of hydrogen-bond acceptors (Lipinski definition) is 6.